The van der Waals surface area contributed by atoms with E-state index in [-0.39, 0.29) is 11.8 Å². The van der Waals surface area contributed by atoms with Gasteiger partial charge >= 0.3 is 0 Å². The van der Waals surface area contributed by atoms with Gasteiger partial charge in [-0.15, -0.1) is 0 Å². The van der Waals surface area contributed by atoms with Gasteiger partial charge in [0, 0.05) is 26.2 Å². The maximum Gasteiger partial charge on any atom is 0.236 e. The number of unbranched alkanes of at least 4 members (excludes halogenated alkanes) is 12. The molecule has 0 aromatic rings. The van der Waals surface area contributed by atoms with Crippen molar-refractivity contribution in [3.05, 3.63) is 0 Å². The average molecular weight is 482 g/mol. The molecule has 2 amide bonds. The molecule has 0 aromatic heterocycles. The minimum Gasteiger partial charge on any atom is -0.342 e. The van der Waals surface area contributed by atoms with Gasteiger partial charge in [0.25, 0.3) is 0 Å². The van der Waals surface area contributed by atoms with Crippen LogP contribution in [-0.2, 0) is 9.59 Å². The Labute approximate surface area is 213 Å². The molecule has 34 heavy (non-hydrogen) atoms. The zero-order valence-corrected chi connectivity index (χ0v) is 23.7. The Morgan fingerprint density at radius 2 is 0.706 bits per heavy atom. The zero-order valence-electron chi connectivity index (χ0n) is 23.7. The van der Waals surface area contributed by atoms with Gasteiger partial charge in [0.1, 0.15) is 0 Å². The molecule has 0 saturated carbocycles. The highest BCUT2D eigenvalue weighted by atomic mass is 16.2. The van der Waals surface area contributed by atoms with E-state index in [1.807, 2.05) is 11.9 Å². The summed E-state index contributed by atoms with van der Waals surface area (Å²) in [5.41, 5.74) is 0. The summed E-state index contributed by atoms with van der Waals surface area (Å²) >= 11 is 0. The largest absolute Gasteiger partial charge is 0.342 e. The van der Waals surface area contributed by atoms with Crippen molar-refractivity contribution in [2.45, 2.75) is 130 Å². The molecule has 0 aliphatic rings. The number of nitrogens with zero attached hydrogens (tertiary/aromatic N) is 3. The molecule has 0 heterocycles. The standard InChI is InChI=1S/C29H59N3O2/c1-6-10-14-18-22-31(23-19-15-11-7-2)28(33)26-30(5)27-29(34)32(24-20-16-12-8-3)25-21-17-13-9-4/h6-27H2,1-5H3. The molecule has 0 N–H and O–H groups in total. The van der Waals surface area contributed by atoms with Crippen LogP contribution in [0.4, 0.5) is 0 Å². The molecule has 0 fully saturated rings. The van der Waals surface area contributed by atoms with E-state index < -0.39 is 0 Å². The number of hydrogen-bond acceptors (Lipinski definition) is 3. The van der Waals surface area contributed by atoms with Gasteiger partial charge in [0.15, 0.2) is 0 Å². The topological polar surface area (TPSA) is 43.9 Å². The molecule has 0 rings (SSSR count). The Morgan fingerprint density at radius 1 is 0.441 bits per heavy atom. The van der Waals surface area contributed by atoms with E-state index in [2.05, 4.69) is 37.5 Å². The highest BCUT2D eigenvalue weighted by Gasteiger charge is 2.19. The summed E-state index contributed by atoms with van der Waals surface area (Å²) in [7, 11) is 1.93. The molecule has 0 saturated heterocycles. The normalized spacial score (nSPS) is 11.2. The minimum atomic E-state index is 0.181. The highest BCUT2D eigenvalue weighted by Crippen LogP contribution is 2.08. The molecule has 0 radical (unpaired) electrons. The first-order valence-corrected chi connectivity index (χ1v) is 14.7. The Hall–Kier alpha value is -1.10. The van der Waals surface area contributed by atoms with Crippen molar-refractivity contribution >= 4 is 11.8 Å². The molecular weight excluding hydrogens is 422 g/mol. The molecule has 0 unspecified atom stereocenters. The molecule has 0 aliphatic carbocycles. The van der Waals surface area contributed by atoms with E-state index >= 15 is 0 Å². The summed E-state index contributed by atoms with van der Waals surface area (Å²) in [6.45, 7) is 13.0. The Kier molecular flexibility index (Phi) is 22.9. The van der Waals surface area contributed by atoms with Gasteiger partial charge in [0.2, 0.25) is 11.8 Å². The lowest BCUT2D eigenvalue weighted by molar-refractivity contribution is -0.135. The van der Waals surface area contributed by atoms with Crippen molar-refractivity contribution in [3.8, 4) is 0 Å². The van der Waals surface area contributed by atoms with Crippen molar-refractivity contribution in [3.63, 3.8) is 0 Å². The summed E-state index contributed by atoms with van der Waals surface area (Å²) in [5.74, 6) is 0.362. The Bertz CT molecular complexity index is 418. The lowest BCUT2D eigenvalue weighted by Crippen LogP contribution is -2.45. The van der Waals surface area contributed by atoms with Crippen LogP contribution in [0, 0.1) is 0 Å². The predicted octanol–water partition coefficient (Wildman–Crippen LogP) is 6.90. The second-order valence-electron chi connectivity index (χ2n) is 10.2. The van der Waals surface area contributed by atoms with E-state index in [0.717, 1.165) is 51.9 Å². The van der Waals surface area contributed by atoms with Crippen molar-refractivity contribution < 1.29 is 9.59 Å². The van der Waals surface area contributed by atoms with Crippen LogP contribution in [0.15, 0.2) is 0 Å². The third-order valence-corrected chi connectivity index (χ3v) is 6.64. The minimum absolute atomic E-state index is 0.181. The van der Waals surface area contributed by atoms with Crippen LogP contribution in [0.1, 0.15) is 130 Å². The monoisotopic (exact) mass is 481 g/mol. The van der Waals surface area contributed by atoms with E-state index in [1.165, 1.54) is 77.0 Å². The first kappa shape index (κ1) is 32.9. The van der Waals surface area contributed by atoms with E-state index in [1.54, 1.807) is 0 Å². The van der Waals surface area contributed by atoms with Gasteiger partial charge in [-0.3, -0.25) is 14.5 Å². The van der Waals surface area contributed by atoms with Crippen LogP contribution >= 0.6 is 0 Å². The fourth-order valence-corrected chi connectivity index (χ4v) is 4.36. The maximum atomic E-state index is 13.1. The first-order chi connectivity index (χ1) is 16.5. The van der Waals surface area contributed by atoms with E-state index in [4.69, 9.17) is 0 Å². The number of carbonyl (C=O) groups is 2. The molecule has 0 bridgehead atoms. The number of hydrogen-bond donors (Lipinski definition) is 0. The predicted molar refractivity (Wildman–Crippen MR) is 147 cm³/mol. The van der Waals surface area contributed by atoms with Crippen LogP contribution in [0.25, 0.3) is 0 Å². The van der Waals surface area contributed by atoms with Crippen LogP contribution in [0.3, 0.4) is 0 Å². The van der Waals surface area contributed by atoms with Crippen molar-refractivity contribution in [1.29, 1.82) is 0 Å². The van der Waals surface area contributed by atoms with Crippen LogP contribution in [0.2, 0.25) is 0 Å². The lowest BCUT2D eigenvalue weighted by atomic mass is 10.1. The molecule has 0 aromatic carbocycles. The van der Waals surface area contributed by atoms with Crippen LogP contribution < -0.4 is 0 Å². The van der Waals surface area contributed by atoms with Gasteiger partial charge in [-0.25, -0.2) is 0 Å². The fourth-order valence-electron chi connectivity index (χ4n) is 4.36. The Balaban J connectivity index is 4.74. The summed E-state index contributed by atoms with van der Waals surface area (Å²) in [6, 6.07) is 0. The molecule has 0 aliphatic heterocycles. The van der Waals surface area contributed by atoms with Gasteiger partial charge in [0.05, 0.1) is 13.1 Å². The van der Waals surface area contributed by atoms with Crippen molar-refractivity contribution in [1.82, 2.24) is 14.7 Å². The Morgan fingerprint density at radius 3 is 0.941 bits per heavy atom. The summed E-state index contributed by atoms with van der Waals surface area (Å²) in [5, 5.41) is 0. The lowest BCUT2D eigenvalue weighted by Gasteiger charge is -2.28. The molecule has 0 spiro atoms. The quantitative estimate of drug-likeness (QED) is 0.141. The van der Waals surface area contributed by atoms with Gasteiger partial charge in [-0.2, -0.15) is 0 Å². The third kappa shape index (κ3) is 18.3. The SMILES string of the molecule is CCCCCCN(CCCCCC)C(=O)CN(C)CC(=O)N(CCCCCC)CCCCCC. The molecular formula is C29H59N3O2. The second-order valence-corrected chi connectivity index (χ2v) is 10.2. The maximum absolute atomic E-state index is 13.1. The summed E-state index contributed by atoms with van der Waals surface area (Å²) in [6.07, 6.45) is 18.9. The third-order valence-electron chi connectivity index (χ3n) is 6.64. The molecule has 202 valence electrons. The van der Waals surface area contributed by atoms with Crippen molar-refractivity contribution in [2.75, 3.05) is 46.3 Å². The van der Waals surface area contributed by atoms with Crippen molar-refractivity contribution in [2.24, 2.45) is 0 Å². The zero-order chi connectivity index (χ0) is 25.4. The smallest absolute Gasteiger partial charge is 0.236 e. The van der Waals surface area contributed by atoms with Gasteiger partial charge < -0.3 is 9.80 Å². The summed E-state index contributed by atoms with van der Waals surface area (Å²) in [4.78, 5) is 32.2. The number of likely N-dealkylation sites (N-methyl/N-ethyl adjacent to an activating group) is 1. The number of amides is 2. The molecule has 5 heteroatoms. The second kappa shape index (κ2) is 23.6. The highest BCUT2D eigenvalue weighted by molar-refractivity contribution is 5.81. The fraction of sp³-hybridized carbons (Fsp3) is 0.931. The van der Waals surface area contributed by atoms with Gasteiger partial charge in [-0.05, 0) is 32.7 Å². The number of rotatable bonds is 24. The average Bonchev–Trinajstić information content (AvgIpc) is 2.81. The van der Waals surface area contributed by atoms with E-state index in [0.29, 0.717) is 13.1 Å². The molecule has 5 nitrogen and oxygen atoms in total. The summed E-state index contributed by atoms with van der Waals surface area (Å²) < 4.78 is 0. The molecule has 0 atom stereocenters. The van der Waals surface area contributed by atoms with Gasteiger partial charge in [-0.1, -0.05) is 105 Å². The van der Waals surface area contributed by atoms with Crippen LogP contribution in [-0.4, -0.2) is 72.8 Å². The first-order valence-electron chi connectivity index (χ1n) is 14.7. The number of carbonyl (C=O) groups excluding carboxylic acids is 2. The van der Waals surface area contributed by atoms with E-state index in [9.17, 15) is 9.59 Å². The van der Waals surface area contributed by atoms with Crippen LogP contribution in [0.5, 0.6) is 0 Å².